The Bertz CT molecular complexity index is 1000. The van der Waals surface area contributed by atoms with Crippen LogP contribution in [0.4, 0.5) is 8.78 Å². The molecule has 1 aromatic heterocycles. The number of rotatable bonds is 4. The summed E-state index contributed by atoms with van der Waals surface area (Å²) in [6.07, 6.45) is 2.84. The maximum absolute atomic E-state index is 13.3. The van der Waals surface area contributed by atoms with E-state index in [4.69, 9.17) is 11.6 Å². The Morgan fingerprint density at radius 3 is 2.58 bits per heavy atom. The average molecular weight is 369 g/mol. The van der Waals surface area contributed by atoms with E-state index in [2.05, 4.69) is 4.98 Å². The van der Waals surface area contributed by atoms with Gasteiger partial charge in [-0.1, -0.05) is 23.7 Å². The molecular formula is C16H11ClF2N2O2S. The van der Waals surface area contributed by atoms with Gasteiger partial charge in [-0.3, -0.25) is 4.57 Å². The fourth-order valence-electron chi connectivity index (χ4n) is 2.26. The summed E-state index contributed by atoms with van der Waals surface area (Å²) in [5, 5.41) is 0.250. The average Bonchev–Trinajstić information content (AvgIpc) is 3.01. The van der Waals surface area contributed by atoms with Crippen molar-refractivity contribution in [2.45, 2.75) is 10.9 Å². The molecule has 2 aromatic carbocycles. The van der Waals surface area contributed by atoms with E-state index in [0.717, 1.165) is 12.1 Å². The fourth-order valence-corrected chi connectivity index (χ4v) is 3.88. The summed E-state index contributed by atoms with van der Waals surface area (Å²) in [5.74, 6) is -2.63. The van der Waals surface area contributed by atoms with Crippen molar-refractivity contribution in [2.24, 2.45) is 0 Å². The third kappa shape index (κ3) is 3.32. The van der Waals surface area contributed by atoms with Gasteiger partial charge in [0.05, 0.1) is 5.75 Å². The van der Waals surface area contributed by atoms with Gasteiger partial charge in [-0.2, -0.15) is 0 Å². The maximum Gasteiger partial charge on any atom is 0.232 e. The summed E-state index contributed by atoms with van der Waals surface area (Å²) < 4.78 is 52.8. The zero-order chi connectivity index (χ0) is 17.3. The number of hydrogen-bond donors (Lipinski definition) is 0. The topological polar surface area (TPSA) is 52.0 Å². The van der Waals surface area contributed by atoms with Crippen molar-refractivity contribution in [1.82, 2.24) is 9.55 Å². The van der Waals surface area contributed by atoms with Crippen LogP contribution in [0.1, 0.15) is 5.56 Å². The molecule has 124 valence electrons. The van der Waals surface area contributed by atoms with Crippen LogP contribution in [0, 0.1) is 11.6 Å². The molecule has 0 saturated carbocycles. The van der Waals surface area contributed by atoms with E-state index >= 15 is 0 Å². The Morgan fingerprint density at radius 1 is 1.08 bits per heavy atom. The van der Waals surface area contributed by atoms with Crippen LogP contribution in [0.3, 0.4) is 0 Å². The summed E-state index contributed by atoms with van der Waals surface area (Å²) in [5.41, 5.74) is 0.665. The number of halogens is 3. The molecule has 8 heteroatoms. The minimum atomic E-state index is -3.87. The lowest BCUT2D eigenvalue weighted by atomic mass is 10.2. The van der Waals surface area contributed by atoms with Gasteiger partial charge < -0.3 is 0 Å². The molecule has 0 fully saturated rings. The van der Waals surface area contributed by atoms with Gasteiger partial charge in [0.2, 0.25) is 15.0 Å². The van der Waals surface area contributed by atoms with Crippen LogP contribution in [-0.2, 0) is 15.6 Å². The van der Waals surface area contributed by atoms with Crippen LogP contribution in [-0.4, -0.2) is 18.0 Å². The summed E-state index contributed by atoms with van der Waals surface area (Å²) in [6.45, 7) is 0. The molecule has 0 spiro atoms. The van der Waals surface area contributed by atoms with Gasteiger partial charge in [0.25, 0.3) is 0 Å². The van der Waals surface area contributed by atoms with E-state index in [1.165, 1.54) is 23.0 Å². The Hall–Kier alpha value is -2.25. The first kappa shape index (κ1) is 16.6. The van der Waals surface area contributed by atoms with E-state index in [1.54, 1.807) is 24.3 Å². The Balaban J connectivity index is 1.99. The lowest BCUT2D eigenvalue weighted by Gasteiger charge is -2.09. The number of benzene rings is 2. The number of nitrogens with zero attached hydrogens (tertiary/aromatic N) is 2. The molecular weight excluding hydrogens is 358 g/mol. The van der Waals surface area contributed by atoms with Crippen molar-refractivity contribution in [3.8, 4) is 5.69 Å². The fraction of sp³-hybridized carbons (Fsp3) is 0.0625. The minimum Gasteiger partial charge on any atom is -0.291 e. The van der Waals surface area contributed by atoms with Crippen molar-refractivity contribution in [1.29, 1.82) is 0 Å². The molecule has 4 nitrogen and oxygen atoms in total. The van der Waals surface area contributed by atoms with E-state index in [1.807, 2.05) is 0 Å². The molecule has 3 rings (SSSR count). The number of sulfone groups is 1. The van der Waals surface area contributed by atoms with Crippen LogP contribution in [0.2, 0.25) is 5.02 Å². The monoisotopic (exact) mass is 368 g/mol. The molecule has 1 heterocycles. The molecule has 24 heavy (non-hydrogen) atoms. The van der Waals surface area contributed by atoms with Crippen molar-refractivity contribution in [2.75, 3.05) is 0 Å². The van der Waals surface area contributed by atoms with E-state index < -0.39 is 27.2 Å². The first-order chi connectivity index (χ1) is 11.4. The third-order valence-electron chi connectivity index (χ3n) is 3.31. The second-order valence-corrected chi connectivity index (χ2v) is 7.39. The van der Waals surface area contributed by atoms with Gasteiger partial charge in [-0.25, -0.2) is 22.2 Å². The van der Waals surface area contributed by atoms with Crippen LogP contribution >= 0.6 is 11.6 Å². The summed E-state index contributed by atoms with van der Waals surface area (Å²) in [6, 6.07) is 9.61. The van der Waals surface area contributed by atoms with Crippen LogP contribution in [0.5, 0.6) is 0 Å². The zero-order valence-corrected chi connectivity index (χ0v) is 13.7. The van der Waals surface area contributed by atoms with Gasteiger partial charge in [-0.15, -0.1) is 0 Å². The Labute approximate surface area is 142 Å². The number of imidazole rings is 1. The Kier molecular flexibility index (Phi) is 4.38. The quantitative estimate of drug-likeness (QED) is 0.704. The highest BCUT2D eigenvalue weighted by Gasteiger charge is 2.22. The second kappa shape index (κ2) is 6.33. The SMILES string of the molecule is O=S(=O)(Cc1ccc(F)c(F)c1)c1nccn1-c1cccc(Cl)c1. The predicted molar refractivity (Wildman–Crippen MR) is 85.8 cm³/mol. The van der Waals surface area contributed by atoms with Crippen molar-refractivity contribution < 1.29 is 17.2 Å². The van der Waals surface area contributed by atoms with E-state index in [0.29, 0.717) is 10.7 Å². The number of hydrogen-bond acceptors (Lipinski definition) is 3. The normalized spacial score (nSPS) is 11.6. The largest absolute Gasteiger partial charge is 0.291 e. The molecule has 0 amide bonds. The van der Waals surface area contributed by atoms with Crippen LogP contribution < -0.4 is 0 Å². The molecule has 0 N–H and O–H groups in total. The third-order valence-corrected chi connectivity index (χ3v) is 5.12. The predicted octanol–water partition coefficient (Wildman–Crippen LogP) is 3.78. The zero-order valence-electron chi connectivity index (χ0n) is 12.2. The molecule has 0 unspecified atom stereocenters. The highest BCUT2D eigenvalue weighted by atomic mass is 35.5. The van der Waals surface area contributed by atoms with Gasteiger partial charge >= 0.3 is 0 Å². The minimum absolute atomic E-state index is 0.134. The smallest absolute Gasteiger partial charge is 0.232 e. The molecule has 3 aromatic rings. The summed E-state index contributed by atoms with van der Waals surface area (Å²) >= 11 is 5.93. The lowest BCUT2D eigenvalue weighted by Crippen LogP contribution is -2.12. The maximum atomic E-state index is 13.3. The highest BCUT2D eigenvalue weighted by molar-refractivity contribution is 7.90. The van der Waals surface area contributed by atoms with E-state index in [-0.39, 0.29) is 10.7 Å². The highest BCUT2D eigenvalue weighted by Crippen LogP contribution is 2.22. The molecule has 0 bridgehead atoms. The first-order valence-electron chi connectivity index (χ1n) is 6.83. The summed E-state index contributed by atoms with van der Waals surface area (Å²) in [4.78, 5) is 3.89. The standard InChI is InChI=1S/C16H11ClF2N2O2S/c17-12-2-1-3-13(9-12)21-7-6-20-16(21)24(22,23)10-11-4-5-14(18)15(19)8-11/h1-9H,10H2. The van der Waals surface area contributed by atoms with Gasteiger partial charge in [-0.05, 0) is 35.9 Å². The number of aromatic nitrogens is 2. The van der Waals surface area contributed by atoms with Crippen molar-refractivity contribution in [3.05, 3.63) is 77.1 Å². The Morgan fingerprint density at radius 2 is 1.88 bits per heavy atom. The molecule has 0 saturated heterocycles. The summed E-state index contributed by atoms with van der Waals surface area (Å²) in [7, 11) is -3.87. The molecule has 0 aliphatic carbocycles. The van der Waals surface area contributed by atoms with Crippen LogP contribution in [0.25, 0.3) is 5.69 Å². The molecule has 0 aliphatic rings. The molecule has 0 radical (unpaired) electrons. The van der Waals surface area contributed by atoms with Crippen molar-refractivity contribution in [3.63, 3.8) is 0 Å². The van der Waals surface area contributed by atoms with Crippen molar-refractivity contribution >= 4 is 21.4 Å². The second-order valence-electron chi connectivity index (χ2n) is 5.07. The van der Waals surface area contributed by atoms with Gasteiger partial charge in [0.15, 0.2) is 11.6 Å². The van der Waals surface area contributed by atoms with E-state index in [9.17, 15) is 17.2 Å². The van der Waals surface area contributed by atoms with Crippen LogP contribution in [0.15, 0.2) is 60.0 Å². The molecule has 0 aliphatic heterocycles. The van der Waals surface area contributed by atoms with Gasteiger partial charge in [0.1, 0.15) is 0 Å². The molecule has 0 atom stereocenters. The van der Waals surface area contributed by atoms with Gasteiger partial charge in [0, 0.05) is 23.1 Å². The first-order valence-corrected chi connectivity index (χ1v) is 8.86. The lowest BCUT2D eigenvalue weighted by molar-refractivity contribution is 0.507.